The number of amidine groups is 1. The minimum atomic E-state index is -3.47. The molecule has 0 bridgehead atoms. The average Bonchev–Trinajstić information content (AvgIpc) is 3.25. The summed E-state index contributed by atoms with van der Waals surface area (Å²) in [6, 6.07) is 6.55. The Morgan fingerprint density at radius 1 is 1.29 bits per heavy atom. The minimum absolute atomic E-state index is 0.0949. The van der Waals surface area contributed by atoms with Gasteiger partial charge >= 0.3 is 0 Å². The van der Waals surface area contributed by atoms with E-state index >= 15 is 0 Å². The van der Waals surface area contributed by atoms with Gasteiger partial charge in [0.15, 0.2) is 16.6 Å². The van der Waals surface area contributed by atoms with Gasteiger partial charge < -0.3 is 5.32 Å². The summed E-state index contributed by atoms with van der Waals surface area (Å²) in [4.78, 5) is 20.2. The number of hydroxylamine groups is 1. The molecule has 0 spiro atoms. The van der Waals surface area contributed by atoms with E-state index in [9.17, 15) is 22.8 Å². The van der Waals surface area contributed by atoms with Crippen molar-refractivity contribution in [1.82, 2.24) is 26.1 Å². The molecule has 0 atom stereocenters. The Kier molecular flexibility index (Phi) is 8.38. The summed E-state index contributed by atoms with van der Waals surface area (Å²) in [5.41, 5.74) is 2.48. The van der Waals surface area contributed by atoms with Crippen molar-refractivity contribution in [2.45, 2.75) is 5.03 Å². The molecule has 34 heavy (non-hydrogen) atoms. The van der Waals surface area contributed by atoms with Crippen LogP contribution in [0.5, 0.6) is 0 Å². The second kappa shape index (κ2) is 11.2. The van der Waals surface area contributed by atoms with Gasteiger partial charge in [0, 0.05) is 18.5 Å². The van der Waals surface area contributed by atoms with E-state index in [2.05, 4.69) is 30.3 Å². The molecule has 0 saturated carbocycles. The number of aliphatic imine (C=N–C) groups is 1. The number of anilines is 1. The number of nitrogens with one attached hydrogen (secondary N) is 3. The second-order valence-electron chi connectivity index (χ2n) is 6.50. The molecule has 0 unspecified atom stereocenters. The summed E-state index contributed by atoms with van der Waals surface area (Å²) in [5.74, 6) is -0.680. The van der Waals surface area contributed by atoms with Gasteiger partial charge in [-0.25, -0.2) is 27.4 Å². The first-order valence-electron chi connectivity index (χ1n) is 9.28. The second-order valence-corrected chi connectivity index (χ2v) is 9.74. The zero-order valence-electron chi connectivity index (χ0n) is 17.3. The Morgan fingerprint density at radius 3 is 2.74 bits per heavy atom. The van der Waals surface area contributed by atoms with Crippen LogP contribution in [0.4, 0.5) is 15.9 Å². The van der Waals surface area contributed by atoms with E-state index in [0.717, 1.165) is 12.3 Å². The number of halogens is 2. The van der Waals surface area contributed by atoms with Crippen molar-refractivity contribution in [1.29, 1.82) is 0 Å². The molecule has 180 valence electrons. The third kappa shape index (κ3) is 7.11. The van der Waals surface area contributed by atoms with Gasteiger partial charge in [-0.15, -0.1) is 0 Å². The number of carbonyl (C=O) groups excluding carboxylic acids is 1. The fourth-order valence-corrected chi connectivity index (χ4v) is 3.86. The van der Waals surface area contributed by atoms with Crippen LogP contribution in [0.3, 0.4) is 0 Å². The van der Waals surface area contributed by atoms with Gasteiger partial charge in [0.25, 0.3) is 5.91 Å². The summed E-state index contributed by atoms with van der Waals surface area (Å²) in [7, 11) is -3.47. The van der Waals surface area contributed by atoms with Crippen molar-refractivity contribution >= 4 is 56.6 Å². The van der Waals surface area contributed by atoms with Crippen LogP contribution in [0.25, 0.3) is 0 Å². The highest BCUT2D eigenvalue weighted by atomic mass is 35.5. The molecule has 0 fully saturated rings. The molecule has 12 nitrogen and oxygen atoms in total. The van der Waals surface area contributed by atoms with E-state index in [1.54, 1.807) is 0 Å². The Bertz CT molecular complexity index is 1300. The Morgan fingerprint density at radius 2 is 2.09 bits per heavy atom. The SMILES string of the molecule is CS(=O)(=O)Nc1ccc(C(=O)NCCSc2nonc2C(=Nc2ccc(F)c(Cl)c2)NO)cn1. The molecule has 0 saturated heterocycles. The van der Waals surface area contributed by atoms with Crippen LogP contribution >= 0.6 is 23.4 Å². The van der Waals surface area contributed by atoms with E-state index < -0.39 is 21.7 Å². The predicted octanol–water partition coefficient (Wildman–Crippen LogP) is 2.21. The maximum Gasteiger partial charge on any atom is 0.252 e. The zero-order valence-corrected chi connectivity index (χ0v) is 19.7. The summed E-state index contributed by atoms with van der Waals surface area (Å²) in [5, 5.41) is 19.7. The molecule has 3 aromatic rings. The number of aromatic nitrogens is 3. The highest BCUT2D eigenvalue weighted by Gasteiger charge is 2.17. The Hall–Kier alpha value is -3.27. The number of amides is 1. The van der Waals surface area contributed by atoms with Crippen LogP contribution in [0.15, 0.2) is 51.2 Å². The summed E-state index contributed by atoms with van der Waals surface area (Å²) < 4.78 is 42.6. The average molecular weight is 530 g/mol. The number of carbonyl (C=O) groups is 1. The van der Waals surface area contributed by atoms with E-state index in [4.69, 9.17) is 16.2 Å². The molecule has 2 heterocycles. The number of hydrogen-bond acceptors (Lipinski definition) is 10. The molecule has 0 radical (unpaired) electrons. The standard InChI is InChI=1S/C18H17ClFN7O5S2/c1-34(30,31)27-14-5-2-10(9-22-14)17(28)21-6-7-33-18-15(25-32-26-18)16(24-29)23-11-3-4-13(20)12(19)8-11/h2-5,8-9,29H,6-7H2,1H3,(H,21,28)(H,22,27)(H,23,24). The Balaban J connectivity index is 1.57. The number of pyridine rings is 1. The number of rotatable bonds is 9. The number of nitrogens with zero attached hydrogens (tertiary/aromatic N) is 4. The van der Waals surface area contributed by atoms with Crippen LogP contribution < -0.4 is 15.5 Å². The highest BCUT2D eigenvalue weighted by Crippen LogP contribution is 2.24. The maximum atomic E-state index is 13.3. The topological polar surface area (TPSA) is 172 Å². The molecule has 0 aliphatic rings. The van der Waals surface area contributed by atoms with Crippen molar-refractivity contribution in [3.63, 3.8) is 0 Å². The highest BCUT2D eigenvalue weighted by molar-refractivity contribution is 7.99. The monoisotopic (exact) mass is 529 g/mol. The van der Waals surface area contributed by atoms with Gasteiger partial charge in [0.2, 0.25) is 10.0 Å². The van der Waals surface area contributed by atoms with E-state index in [-0.39, 0.29) is 45.2 Å². The number of benzene rings is 1. The summed E-state index contributed by atoms with van der Waals surface area (Å²) in [6.45, 7) is 0.228. The molecule has 3 rings (SSSR count). The van der Waals surface area contributed by atoms with Gasteiger partial charge in [-0.3, -0.25) is 20.2 Å². The molecule has 4 N–H and O–H groups in total. The first-order valence-corrected chi connectivity index (χ1v) is 12.5. The molecule has 1 amide bonds. The maximum absolute atomic E-state index is 13.3. The van der Waals surface area contributed by atoms with E-state index in [0.29, 0.717) is 5.75 Å². The van der Waals surface area contributed by atoms with Gasteiger partial charge in [-0.05, 0) is 40.6 Å². The van der Waals surface area contributed by atoms with Gasteiger partial charge in [-0.1, -0.05) is 23.4 Å². The lowest BCUT2D eigenvalue weighted by atomic mass is 10.2. The lowest BCUT2D eigenvalue weighted by Crippen LogP contribution is -2.26. The zero-order chi connectivity index (χ0) is 24.7. The van der Waals surface area contributed by atoms with Crippen LogP contribution in [-0.4, -0.2) is 59.2 Å². The molecule has 1 aromatic carbocycles. The van der Waals surface area contributed by atoms with E-state index in [1.807, 2.05) is 5.48 Å². The van der Waals surface area contributed by atoms with Gasteiger partial charge in [0.05, 0.1) is 22.5 Å². The van der Waals surface area contributed by atoms with Crippen LogP contribution in [0, 0.1) is 5.82 Å². The fraction of sp³-hybridized carbons (Fsp3) is 0.167. The molecule has 2 aromatic heterocycles. The van der Waals surface area contributed by atoms with Crippen molar-refractivity contribution in [3.8, 4) is 0 Å². The minimum Gasteiger partial charge on any atom is -0.351 e. The van der Waals surface area contributed by atoms with Crippen molar-refractivity contribution < 1.29 is 27.4 Å². The quantitative estimate of drug-likeness (QED) is 0.106. The molecule has 0 aliphatic heterocycles. The largest absolute Gasteiger partial charge is 0.351 e. The van der Waals surface area contributed by atoms with Gasteiger partial charge in [0.1, 0.15) is 11.6 Å². The van der Waals surface area contributed by atoms with Crippen molar-refractivity contribution in [3.05, 3.63) is 58.6 Å². The smallest absolute Gasteiger partial charge is 0.252 e. The van der Waals surface area contributed by atoms with Gasteiger partial charge in [-0.2, -0.15) is 0 Å². The van der Waals surface area contributed by atoms with Crippen LogP contribution in [-0.2, 0) is 10.0 Å². The lowest BCUT2D eigenvalue weighted by molar-refractivity contribution is 0.0956. The van der Waals surface area contributed by atoms with Crippen molar-refractivity contribution in [2.24, 2.45) is 4.99 Å². The fourth-order valence-electron chi connectivity index (χ4n) is 2.43. The first-order chi connectivity index (χ1) is 16.2. The van der Waals surface area contributed by atoms with E-state index in [1.165, 1.54) is 42.2 Å². The number of hydrogen-bond donors (Lipinski definition) is 4. The van der Waals surface area contributed by atoms with Crippen molar-refractivity contribution in [2.75, 3.05) is 23.3 Å². The molecule has 0 aliphatic carbocycles. The predicted molar refractivity (Wildman–Crippen MR) is 123 cm³/mol. The van der Waals surface area contributed by atoms with Crippen LogP contribution in [0.2, 0.25) is 5.02 Å². The molecular weight excluding hydrogens is 513 g/mol. The Labute approximate surface area is 202 Å². The third-order valence-electron chi connectivity index (χ3n) is 3.87. The number of sulfonamides is 1. The first kappa shape index (κ1) is 25.4. The molecular formula is C18H17ClFN7O5S2. The summed E-state index contributed by atoms with van der Waals surface area (Å²) in [6.07, 6.45) is 2.24. The van der Waals surface area contributed by atoms with Crippen LogP contribution in [0.1, 0.15) is 16.1 Å². The number of thioether (sulfide) groups is 1. The third-order valence-corrected chi connectivity index (χ3v) is 5.69. The lowest BCUT2D eigenvalue weighted by Gasteiger charge is -2.06. The molecule has 16 heteroatoms. The normalized spacial score (nSPS) is 11.8. The summed E-state index contributed by atoms with van der Waals surface area (Å²) >= 11 is 6.91.